The number of aryl methyl sites for hydroxylation is 1. The molecule has 2 aromatic carbocycles. The first-order chi connectivity index (χ1) is 14.0. The van der Waals surface area contributed by atoms with E-state index in [1.807, 2.05) is 35.2 Å². The standard InChI is InChI=1S/C24H31FN2O2/c1-4-7-21-8-5-6-9-23(21)29-17-24(28)27-15-18(2)26(14-19(27)3)16-20-10-12-22(25)13-11-20/h5-6,8-13,18-19H,4,7,14-17H2,1-3H3/t18-,19+/m0/s1. The molecule has 0 aromatic heterocycles. The predicted molar refractivity (Wildman–Crippen MR) is 113 cm³/mol. The number of ether oxygens (including phenoxy) is 1. The summed E-state index contributed by atoms with van der Waals surface area (Å²) >= 11 is 0. The summed E-state index contributed by atoms with van der Waals surface area (Å²) in [6, 6.07) is 14.9. The molecule has 4 nitrogen and oxygen atoms in total. The van der Waals surface area contributed by atoms with Gasteiger partial charge in [0, 0.05) is 31.7 Å². The van der Waals surface area contributed by atoms with Crippen LogP contribution in [0.1, 0.15) is 38.3 Å². The SMILES string of the molecule is CCCc1ccccc1OCC(=O)N1C[C@H](C)N(Cc2ccc(F)cc2)C[C@H]1C. The molecule has 1 amide bonds. The maximum atomic E-state index is 13.1. The van der Waals surface area contributed by atoms with Gasteiger partial charge < -0.3 is 9.64 Å². The van der Waals surface area contributed by atoms with Crippen LogP contribution in [-0.2, 0) is 17.8 Å². The van der Waals surface area contributed by atoms with Gasteiger partial charge in [-0.2, -0.15) is 0 Å². The summed E-state index contributed by atoms with van der Waals surface area (Å²) < 4.78 is 19.0. The average Bonchev–Trinajstić information content (AvgIpc) is 2.71. The van der Waals surface area contributed by atoms with Crippen LogP contribution in [0.4, 0.5) is 4.39 Å². The summed E-state index contributed by atoms with van der Waals surface area (Å²) in [5.74, 6) is 0.613. The van der Waals surface area contributed by atoms with Crippen LogP contribution < -0.4 is 4.74 Å². The molecule has 0 spiro atoms. The van der Waals surface area contributed by atoms with E-state index in [0.29, 0.717) is 6.54 Å². The maximum Gasteiger partial charge on any atom is 0.260 e. The summed E-state index contributed by atoms with van der Waals surface area (Å²) in [4.78, 5) is 17.1. The van der Waals surface area contributed by atoms with Gasteiger partial charge in [0.15, 0.2) is 6.61 Å². The lowest BCUT2D eigenvalue weighted by Crippen LogP contribution is -2.58. The summed E-state index contributed by atoms with van der Waals surface area (Å²) in [5, 5.41) is 0. The Bertz CT molecular complexity index is 809. The van der Waals surface area contributed by atoms with E-state index >= 15 is 0 Å². The molecule has 1 fully saturated rings. The molecule has 0 N–H and O–H groups in total. The predicted octanol–water partition coefficient (Wildman–Crippen LogP) is 4.28. The van der Waals surface area contributed by atoms with Crippen LogP contribution in [-0.4, -0.2) is 47.5 Å². The lowest BCUT2D eigenvalue weighted by atomic mass is 10.1. The minimum Gasteiger partial charge on any atom is -0.483 e. The van der Waals surface area contributed by atoms with Crippen molar-refractivity contribution in [3.05, 3.63) is 65.5 Å². The Kier molecular flexibility index (Phi) is 7.26. The first-order valence-electron chi connectivity index (χ1n) is 10.5. The van der Waals surface area contributed by atoms with E-state index in [1.165, 1.54) is 12.1 Å². The summed E-state index contributed by atoms with van der Waals surface area (Å²) in [6.45, 7) is 8.62. The fraction of sp³-hybridized carbons (Fsp3) is 0.458. The molecule has 3 rings (SSSR count). The molecular formula is C24H31FN2O2. The van der Waals surface area contributed by atoms with Crippen LogP contribution in [0.25, 0.3) is 0 Å². The lowest BCUT2D eigenvalue weighted by molar-refractivity contribution is -0.139. The monoisotopic (exact) mass is 398 g/mol. The summed E-state index contributed by atoms with van der Waals surface area (Å²) in [7, 11) is 0. The van der Waals surface area contributed by atoms with Crippen LogP contribution in [0.3, 0.4) is 0 Å². The third-order valence-corrected chi connectivity index (χ3v) is 5.58. The number of halogens is 1. The Morgan fingerprint density at radius 1 is 1.07 bits per heavy atom. The molecule has 0 radical (unpaired) electrons. The van der Waals surface area contributed by atoms with Crippen LogP contribution >= 0.6 is 0 Å². The Balaban J connectivity index is 1.56. The van der Waals surface area contributed by atoms with Gasteiger partial charge in [0.25, 0.3) is 5.91 Å². The molecule has 2 aromatic rings. The molecule has 1 aliphatic rings. The van der Waals surface area contributed by atoms with E-state index in [9.17, 15) is 9.18 Å². The number of benzene rings is 2. The van der Waals surface area contributed by atoms with Crippen LogP contribution in [0.15, 0.2) is 48.5 Å². The second-order valence-corrected chi connectivity index (χ2v) is 7.95. The van der Waals surface area contributed by atoms with E-state index in [-0.39, 0.29) is 30.4 Å². The molecule has 5 heteroatoms. The van der Waals surface area contributed by atoms with Crippen LogP contribution in [0.2, 0.25) is 0 Å². The van der Waals surface area contributed by atoms with E-state index in [0.717, 1.165) is 42.8 Å². The van der Waals surface area contributed by atoms with Gasteiger partial charge in [-0.25, -0.2) is 4.39 Å². The molecule has 0 aliphatic carbocycles. The van der Waals surface area contributed by atoms with Crippen molar-refractivity contribution in [1.29, 1.82) is 0 Å². The Labute approximate surface area is 173 Å². The number of para-hydroxylation sites is 1. The highest BCUT2D eigenvalue weighted by molar-refractivity contribution is 5.78. The zero-order chi connectivity index (χ0) is 20.8. The molecular weight excluding hydrogens is 367 g/mol. The number of amides is 1. The van der Waals surface area contributed by atoms with Crippen molar-refractivity contribution in [2.75, 3.05) is 19.7 Å². The van der Waals surface area contributed by atoms with Gasteiger partial charge in [0.2, 0.25) is 0 Å². The van der Waals surface area contributed by atoms with Crippen molar-refractivity contribution in [1.82, 2.24) is 9.80 Å². The minimum absolute atomic E-state index is 0.0251. The topological polar surface area (TPSA) is 32.8 Å². The van der Waals surface area contributed by atoms with Crippen LogP contribution in [0, 0.1) is 5.82 Å². The number of carbonyl (C=O) groups is 1. The quantitative estimate of drug-likeness (QED) is 0.698. The van der Waals surface area contributed by atoms with Gasteiger partial charge in [-0.05, 0) is 49.6 Å². The Hall–Kier alpha value is -2.40. The van der Waals surface area contributed by atoms with Crippen molar-refractivity contribution < 1.29 is 13.9 Å². The van der Waals surface area contributed by atoms with Crippen molar-refractivity contribution >= 4 is 5.91 Å². The molecule has 1 saturated heterocycles. The smallest absolute Gasteiger partial charge is 0.260 e. The molecule has 156 valence electrons. The fourth-order valence-corrected chi connectivity index (χ4v) is 3.93. The number of hydrogen-bond donors (Lipinski definition) is 0. The Morgan fingerprint density at radius 3 is 2.52 bits per heavy atom. The van der Waals surface area contributed by atoms with Crippen molar-refractivity contribution in [3.8, 4) is 5.75 Å². The zero-order valence-electron chi connectivity index (χ0n) is 17.6. The number of rotatable bonds is 7. The van der Waals surface area contributed by atoms with E-state index < -0.39 is 0 Å². The molecule has 29 heavy (non-hydrogen) atoms. The largest absolute Gasteiger partial charge is 0.483 e. The van der Waals surface area contributed by atoms with Crippen molar-refractivity contribution in [3.63, 3.8) is 0 Å². The Morgan fingerprint density at radius 2 is 1.79 bits per heavy atom. The van der Waals surface area contributed by atoms with E-state index in [1.54, 1.807) is 0 Å². The zero-order valence-corrected chi connectivity index (χ0v) is 17.6. The maximum absolute atomic E-state index is 13.1. The molecule has 0 unspecified atom stereocenters. The van der Waals surface area contributed by atoms with Crippen molar-refractivity contribution in [2.24, 2.45) is 0 Å². The van der Waals surface area contributed by atoms with Crippen LogP contribution in [0.5, 0.6) is 5.75 Å². The van der Waals surface area contributed by atoms with Gasteiger partial charge in [-0.3, -0.25) is 9.69 Å². The minimum atomic E-state index is -0.217. The van der Waals surface area contributed by atoms with Crippen molar-refractivity contribution in [2.45, 2.75) is 52.2 Å². The molecule has 1 heterocycles. The molecule has 0 bridgehead atoms. The van der Waals surface area contributed by atoms with Gasteiger partial charge in [-0.15, -0.1) is 0 Å². The lowest BCUT2D eigenvalue weighted by Gasteiger charge is -2.44. The highest BCUT2D eigenvalue weighted by atomic mass is 19.1. The summed E-state index contributed by atoms with van der Waals surface area (Å²) in [5.41, 5.74) is 2.23. The molecule has 0 saturated carbocycles. The second-order valence-electron chi connectivity index (χ2n) is 7.95. The van der Waals surface area contributed by atoms with Gasteiger partial charge in [0.1, 0.15) is 11.6 Å². The third kappa shape index (κ3) is 5.57. The fourth-order valence-electron chi connectivity index (χ4n) is 3.93. The highest BCUT2D eigenvalue weighted by Gasteiger charge is 2.32. The first-order valence-corrected chi connectivity index (χ1v) is 10.5. The first kappa shape index (κ1) is 21.3. The van der Waals surface area contributed by atoms with Gasteiger partial charge >= 0.3 is 0 Å². The third-order valence-electron chi connectivity index (χ3n) is 5.58. The van der Waals surface area contributed by atoms with Gasteiger partial charge in [0.05, 0.1) is 0 Å². The normalized spacial score (nSPS) is 19.9. The number of nitrogens with zero attached hydrogens (tertiary/aromatic N) is 2. The summed E-state index contributed by atoms with van der Waals surface area (Å²) in [6.07, 6.45) is 1.98. The highest BCUT2D eigenvalue weighted by Crippen LogP contribution is 2.21. The average molecular weight is 399 g/mol. The number of piperazine rings is 1. The van der Waals surface area contributed by atoms with Gasteiger partial charge in [-0.1, -0.05) is 43.7 Å². The van der Waals surface area contributed by atoms with E-state index in [4.69, 9.17) is 4.74 Å². The second kappa shape index (κ2) is 9.88. The number of hydrogen-bond acceptors (Lipinski definition) is 3. The van der Waals surface area contributed by atoms with E-state index in [2.05, 4.69) is 31.7 Å². The number of carbonyl (C=O) groups excluding carboxylic acids is 1. The molecule has 2 atom stereocenters. The molecule has 1 aliphatic heterocycles.